The van der Waals surface area contributed by atoms with Crippen LogP contribution in [0.4, 0.5) is 0 Å². The van der Waals surface area contributed by atoms with Crippen LogP contribution in [0.25, 0.3) is 33.1 Å². The van der Waals surface area contributed by atoms with Gasteiger partial charge in [-0.05, 0) is 55.7 Å². The maximum Gasteiger partial charge on any atom is 0.322 e. The molecule has 1 atom stereocenters. The van der Waals surface area contributed by atoms with Crippen LogP contribution in [0.15, 0.2) is 45.7 Å². The van der Waals surface area contributed by atoms with Crippen molar-refractivity contribution in [3.05, 3.63) is 47.8 Å². The average Bonchev–Trinajstić information content (AvgIpc) is 3.20. The molecular weight excluding hydrogens is 430 g/mol. The molecule has 0 spiro atoms. The van der Waals surface area contributed by atoms with E-state index in [1.54, 1.807) is 19.9 Å². The summed E-state index contributed by atoms with van der Waals surface area (Å²) in [7, 11) is -2.13. The van der Waals surface area contributed by atoms with Crippen LogP contribution in [0.1, 0.15) is 25.2 Å². The van der Waals surface area contributed by atoms with Gasteiger partial charge in [-0.1, -0.05) is 19.9 Å². The van der Waals surface area contributed by atoms with Gasteiger partial charge in [0.15, 0.2) is 0 Å². The summed E-state index contributed by atoms with van der Waals surface area (Å²) in [6.07, 6.45) is 0. The van der Waals surface area contributed by atoms with Crippen molar-refractivity contribution in [2.75, 3.05) is 0 Å². The second-order valence-corrected chi connectivity index (χ2v) is 10.0. The normalized spacial score (nSPS) is 13.3. The van der Waals surface area contributed by atoms with E-state index in [1.807, 2.05) is 43.8 Å². The van der Waals surface area contributed by atoms with Crippen molar-refractivity contribution in [1.82, 2.24) is 14.5 Å². The van der Waals surface area contributed by atoms with Crippen molar-refractivity contribution >= 4 is 37.9 Å². The third-order valence-electron chi connectivity index (χ3n) is 5.77. The van der Waals surface area contributed by atoms with E-state index in [-0.39, 0.29) is 4.90 Å². The molecule has 0 saturated heterocycles. The molecular formula is C23H25N3O5S. The van der Waals surface area contributed by atoms with Crippen molar-refractivity contribution in [1.29, 1.82) is 0 Å². The van der Waals surface area contributed by atoms with Gasteiger partial charge in [0.05, 0.1) is 10.6 Å². The third-order valence-corrected chi connectivity index (χ3v) is 7.20. The number of benzene rings is 2. The molecule has 0 aliphatic carbocycles. The number of aliphatic carboxylic acids is 1. The van der Waals surface area contributed by atoms with Crippen molar-refractivity contribution in [2.45, 2.75) is 38.6 Å². The zero-order valence-electron chi connectivity index (χ0n) is 18.5. The number of nitrogens with one attached hydrogen (secondary N) is 1. The predicted molar refractivity (Wildman–Crippen MR) is 122 cm³/mol. The van der Waals surface area contributed by atoms with Gasteiger partial charge in [-0.15, -0.1) is 0 Å². The summed E-state index contributed by atoms with van der Waals surface area (Å²) in [6.45, 7) is 7.26. The monoisotopic (exact) mass is 455 g/mol. The van der Waals surface area contributed by atoms with Gasteiger partial charge in [0, 0.05) is 29.1 Å². The van der Waals surface area contributed by atoms with Crippen LogP contribution in [-0.2, 0) is 21.9 Å². The highest BCUT2D eigenvalue weighted by atomic mass is 32.2. The molecule has 8 nitrogen and oxygen atoms in total. The molecule has 32 heavy (non-hydrogen) atoms. The Morgan fingerprint density at radius 2 is 1.81 bits per heavy atom. The first-order valence-electron chi connectivity index (χ1n) is 10.2. The molecule has 4 rings (SSSR count). The molecule has 2 N–H and O–H groups in total. The lowest BCUT2D eigenvalue weighted by atomic mass is 10.0. The number of aryl methyl sites for hydroxylation is 2. The molecule has 0 amide bonds. The molecule has 0 fully saturated rings. The number of hydrogen-bond donors (Lipinski definition) is 2. The minimum atomic E-state index is -4.03. The molecule has 0 aliphatic heterocycles. The number of sulfonamides is 1. The van der Waals surface area contributed by atoms with Crippen molar-refractivity contribution in [3.63, 3.8) is 0 Å². The molecule has 2 aromatic heterocycles. The van der Waals surface area contributed by atoms with E-state index >= 15 is 0 Å². The van der Waals surface area contributed by atoms with Crippen molar-refractivity contribution in [2.24, 2.45) is 13.0 Å². The van der Waals surface area contributed by atoms with E-state index < -0.39 is 28.0 Å². The topological polar surface area (TPSA) is 114 Å². The van der Waals surface area contributed by atoms with Crippen molar-refractivity contribution < 1.29 is 22.7 Å². The van der Waals surface area contributed by atoms with Crippen molar-refractivity contribution in [3.8, 4) is 11.1 Å². The maximum atomic E-state index is 12.9. The fourth-order valence-corrected chi connectivity index (χ4v) is 5.34. The fourth-order valence-electron chi connectivity index (χ4n) is 3.98. The van der Waals surface area contributed by atoms with E-state index in [0.29, 0.717) is 16.6 Å². The zero-order valence-corrected chi connectivity index (χ0v) is 19.3. The second kappa shape index (κ2) is 7.75. The molecule has 0 aliphatic rings. The summed E-state index contributed by atoms with van der Waals surface area (Å²) in [6, 6.07) is 9.11. The van der Waals surface area contributed by atoms with Gasteiger partial charge in [-0.2, -0.15) is 9.82 Å². The predicted octanol–water partition coefficient (Wildman–Crippen LogP) is 3.99. The van der Waals surface area contributed by atoms with E-state index in [2.05, 4.69) is 9.82 Å². The number of rotatable bonds is 6. The van der Waals surface area contributed by atoms with Gasteiger partial charge in [-0.3, -0.25) is 9.48 Å². The number of furan rings is 1. The van der Waals surface area contributed by atoms with Crippen LogP contribution < -0.4 is 4.72 Å². The molecule has 4 aromatic rings. The number of fused-ring (bicyclic) bond motifs is 3. The number of carboxylic acid groups (broad SMARTS) is 1. The summed E-state index contributed by atoms with van der Waals surface area (Å²) in [5, 5.41) is 15.2. The number of hydrogen-bond acceptors (Lipinski definition) is 5. The Hall–Kier alpha value is -3.17. The zero-order chi connectivity index (χ0) is 23.4. The van der Waals surface area contributed by atoms with Gasteiger partial charge >= 0.3 is 5.97 Å². The number of carboxylic acids is 1. The Labute approximate surface area is 185 Å². The Kier molecular flexibility index (Phi) is 5.34. The van der Waals surface area contributed by atoms with Gasteiger partial charge in [-0.25, -0.2) is 8.42 Å². The molecule has 0 saturated carbocycles. The maximum absolute atomic E-state index is 12.9. The van der Waals surface area contributed by atoms with Gasteiger partial charge in [0.2, 0.25) is 10.0 Å². The molecule has 2 aromatic carbocycles. The molecule has 9 heteroatoms. The Morgan fingerprint density at radius 3 is 2.41 bits per heavy atom. The van der Waals surface area contributed by atoms with Gasteiger partial charge in [0.25, 0.3) is 0 Å². The van der Waals surface area contributed by atoms with Crippen LogP contribution in [0.2, 0.25) is 0 Å². The molecule has 2 heterocycles. The van der Waals surface area contributed by atoms with Crippen LogP contribution in [-0.4, -0.2) is 35.3 Å². The highest BCUT2D eigenvalue weighted by molar-refractivity contribution is 7.89. The van der Waals surface area contributed by atoms with Gasteiger partial charge < -0.3 is 9.52 Å². The molecule has 0 unspecified atom stereocenters. The lowest BCUT2D eigenvalue weighted by Gasteiger charge is -2.17. The molecule has 168 valence electrons. The number of carbonyl (C=O) groups is 1. The van der Waals surface area contributed by atoms with Crippen LogP contribution in [0.3, 0.4) is 0 Å². The first-order chi connectivity index (χ1) is 15.0. The van der Waals surface area contributed by atoms with E-state index in [9.17, 15) is 18.3 Å². The minimum Gasteiger partial charge on any atom is -0.480 e. The fraction of sp³-hybridized carbons (Fsp3) is 0.304. The Morgan fingerprint density at radius 1 is 1.09 bits per heavy atom. The Bertz CT molecular complexity index is 1460. The molecule has 0 radical (unpaired) electrons. The summed E-state index contributed by atoms with van der Waals surface area (Å²) in [4.78, 5) is 11.4. The smallest absolute Gasteiger partial charge is 0.322 e. The lowest BCUT2D eigenvalue weighted by Crippen LogP contribution is -2.44. The molecule has 0 bridgehead atoms. The first kappa shape index (κ1) is 22.0. The minimum absolute atomic E-state index is 0.0115. The SMILES string of the molecule is Cc1nn(C)c(C)c1-c1ccc2c(c1)oc1ccc(S(=O)(=O)N[C@@H](C(=O)O)C(C)C)cc12. The quantitative estimate of drug-likeness (QED) is 0.454. The van der Waals surface area contributed by atoms with E-state index in [1.165, 1.54) is 12.1 Å². The van der Waals surface area contributed by atoms with Crippen LogP contribution in [0, 0.1) is 19.8 Å². The average molecular weight is 456 g/mol. The highest BCUT2D eigenvalue weighted by Crippen LogP contribution is 2.35. The first-order valence-corrected chi connectivity index (χ1v) is 11.7. The largest absolute Gasteiger partial charge is 0.480 e. The summed E-state index contributed by atoms with van der Waals surface area (Å²) in [5.41, 5.74) is 5.14. The van der Waals surface area contributed by atoms with Gasteiger partial charge in [0.1, 0.15) is 17.2 Å². The lowest BCUT2D eigenvalue weighted by molar-refractivity contribution is -0.140. The Balaban J connectivity index is 1.79. The van der Waals surface area contributed by atoms with E-state index in [4.69, 9.17) is 4.42 Å². The van der Waals surface area contributed by atoms with Crippen LogP contribution >= 0.6 is 0 Å². The third kappa shape index (κ3) is 3.67. The van der Waals surface area contributed by atoms with Crippen LogP contribution in [0.5, 0.6) is 0 Å². The summed E-state index contributed by atoms with van der Waals surface area (Å²) < 4.78 is 35.8. The number of aromatic nitrogens is 2. The number of nitrogens with zero attached hydrogens (tertiary/aromatic N) is 2. The van der Waals surface area contributed by atoms with E-state index in [0.717, 1.165) is 27.9 Å². The highest BCUT2D eigenvalue weighted by Gasteiger charge is 2.28. The summed E-state index contributed by atoms with van der Waals surface area (Å²) >= 11 is 0. The second-order valence-electron chi connectivity index (χ2n) is 8.32. The standard InChI is InChI=1S/C23H25N3O5S/c1-12(2)22(23(27)28)25-32(29,30)16-7-9-19-18(11-16)17-8-6-15(10-20(17)31-19)21-13(3)24-26(5)14(21)4/h6-12,22,25H,1-5H3,(H,27,28)/t22-/m1/s1. The summed E-state index contributed by atoms with van der Waals surface area (Å²) in [5.74, 6) is -1.62.